The second-order valence-electron chi connectivity index (χ2n) is 7.71. The highest BCUT2D eigenvalue weighted by Crippen LogP contribution is 2.33. The van der Waals surface area contributed by atoms with Crippen LogP contribution in [0.15, 0.2) is 28.8 Å². The van der Waals surface area contributed by atoms with E-state index in [0.717, 1.165) is 24.2 Å². The first-order valence-corrected chi connectivity index (χ1v) is 10.1. The quantitative estimate of drug-likeness (QED) is 0.598. The Balaban J connectivity index is 2.49. The summed E-state index contributed by atoms with van der Waals surface area (Å²) in [4.78, 5) is 16.8. The summed E-state index contributed by atoms with van der Waals surface area (Å²) in [6, 6.07) is 6.26. The van der Waals surface area contributed by atoms with Crippen LogP contribution in [-0.4, -0.2) is 35.1 Å². The molecule has 1 heterocycles. The monoisotopic (exact) mass is 389 g/mol. The second kappa shape index (κ2) is 9.71. The van der Waals surface area contributed by atoms with E-state index in [-0.39, 0.29) is 23.7 Å². The molecule has 0 aliphatic heterocycles. The molecule has 2 rings (SSSR count). The van der Waals surface area contributed by atoms with Gasteiger partial charge in [0.2, 0.25) is 11.8 Å². The molecule has 0 fully saturated rings. The number of hydrogen-bond donors (Lipinski definition) is 0. The van der Waals surface area contributed by atoms with E-state index in [2.05, 4.69) is 23.9 Å². The van der Waals surface area contributed by atoms with Gasteiger partial charge in [-0.1, -0.05) is 19.0 Å². The van der Waals surface area contributed by atoms with Crippen LogP contribution in [0.5, 0.6) is 0 Å². The fraction of sp³-hybridized carbons (Fsp3) is 0.545. The number of carbonyl (C=O) groups excluding carboxylic acids is 1. The van der Waals surface area contributed by atoms with Gasteiger partial charge in [0.1, 0.15) is 11.5 Å². The minimum absolute atomic E-state index is 0.0479. The molecule has 0 radical (unpaired) electrons. The highest BCUT2D eigenvalue weighted by Gasteiger charge is 2.26. The van der Waals surface area contributed by atoms with Gasteiger partial charge in [0, 0.05) is 31.1 Å². The number of carbonyl (C=O) groups is 1. The largest absolute Gasteiger partial charge is 0.341 e. The van der Waals surface area contributed by atoms with Crippen molar-refractivity contribution in [2.45, 2.75) is 60.5 Å². The second-order valence-corrected chi connectivity index (χ2v) is 7.71. The number of amides is 1. The number of aromatic nitrogens is 1. The first-order chi connectivity index (χ1) is 13.3. The molecule has 0 saturated heterocycles. The van der Waals surface area contributed by atoms with Crippen LogP contribution >= 0.6 is 0 Å². The Kier molecular flexibility index (Phi) is 7.61. The Labute approximate surface area is 167 Å². The number of benzene rings is 1. The molecule has 0 atom stereocenters. The first-order valence-electron chi connectivity index (χ1n) is 10.1. The molecule has 0 aliphatic rings. The van der Waals surface area contributed by atoms with Crippen molar-refractivity contribution in [1.29, 1.82) is 0 Å². The average molecular weight is 390 g/mol. The lowest BCUT2D eigenvalue weighted by molar-refractivity contribution is -0.134. The van der Waals surface area contributed by atoms with Crippen molar-refractivity contribution in [2.75, 3.05) is 18.0 Å². The molecule has 0 N–H and O–H groups in total. The zero-order valence-corrected chi connectivity index (χ0v) is 17.8. The van der Waals surface area contributed by atoms with Crippen LogP contribution in [0.1, 0.15) is 53.5 Å². The molecular weight excluding hydrogens is 357 g/mol. The lowest BCUT2D eigenvalue weighted by atomic mass is 10.0. The zero-order chi connectivity index (χ0) is 20.8. The van der Waals surface area contributed by atoms with Crippen LogP contribution in [0.25, 0.3) is 11.3 Å². The smallest absolute Gasteiger partial charge is 0.232 e. The van der Waals surface area contributed by atoms with Crippen LogP contribution < -0.4 is 4.90 Å². The lowest BCUT2D eigenvalue weighted by Gasteiger charge is -2.29. The molecule has 5 nitrogen and oxygen atoms in total. The van der Waals surface area contributed by atoms with Crippen LogP contribution in [0.4, 0.5) is 10.3 Å². The summed E-state index contributed by atoms with van der Waals surface area (Å²) in [7, 11) is 0. The minimum atomic E-state index is -0.298. The van der Waals surface area contributed by atoms with Gasteiger partial charge in [0.05, 0.1) is 12.1 Å². The van der Waals surface area contributed by atoms with Gasteiger partial charge in [-0.05, 0) is 57.9 Å². The van der Waals surface area contributed by atoms with Gasteiger partial charge in [-0.3, -0.25) is 4.79 Å². The van der Waals surface area contributed by atoms with Crippen molar-refractivity contribution in [3.05, 3.63) is 35.6 Å². The molecule has 0 saturated carbocycles. The van der Waals surface area contributed by atoms with Crippen LogP contribution in [0.2, 0.25) is 0 Å². The normalized spacial score (nSPS) is 11.3. The predicted octanol–water partition coefficient (Wildman–Crippen LogP) is 5.11. The Hall–Kier alpha value is -2.37. The van der Waals surface area contributed by atoms with Gasteiger partial charge in [0.15, 0.2) is 0 Å². The molecule has 0 bridgehead atoms. The van der Waals surface area contributed by atoms with E-state index in [0.29, 0.717) is 24.5 Å². The molecule has 154 valence electrons. The minimum Gasteiger partial charge on any atom is -0.341 e. The van der Waals surface area contributed by atoms with E-state index < -0.39 is 0 Å². The average Bonchev–Trinajstić information content (AvgIpc) is 3.04. The third-order valence-corrected chi connectivity index (χ3v) is 4.79. The van der Waals surface area contributed by atoms with E-state index >= 15 is 0 Å². The molecule has 2 aromatic rings. The summed E-state index contributed by atoms with van der Waals surface area (Å²) in [5.74, 6) is 0.776. The highest BCUT2D eigenvalue weighted by atomic mass is 19.1. The fourth-order valence-corrected chi connectivity index (χ4v) is 3.23. The van der Waals surface area contributed by atoms with E-state index in [9.17, 15) is 9.18 Å². The fourth-order valence-electron chi connectivity index (χ4n) is 3.23. The standard InChI is InChI=1S/C22H32FN3O2/c1-7-25(8-2)22-19(14-26(16(5)6)20(27)13-15(3)4)21(24-28-22)17-9-11-18(23)12-10-17/h9-12,15-16H,7-8,13-14H2,1-6H3. The van der Waals surface area contributed by atoms with Crippen molar-refractivity contribution < 1.29 is 13.7 Å². The van der Waals surface area contributed by atoms with E-state index in [4.69, 9.17) is 4.52 Å². The molecular formula is C22H32FN3O2. The third-order valence-electron chi connectivity index (χ3n) is 4.79. The number of rotatable bonds is 9. The van der Waals surface area contributed by atoms with Gasteiger partial charge < -0.3 is 14.3 Å². The number of hydrogen-bond acceptors (Lipinski definition) is 4. The van der Waals surface area contributed by atoms with Gasteiger partial charge >= 0.3 is 0 Å². The van der Waals surface area contributed by atoms with E-state index in [1.165, 1.54) is 12.1 Å². The maximum absolute atomic E-state index is 13.4. The number of nitrogens with zero attached hydrogens (tertiary/aromatic N) is 3. The maximum atomic E-state index is 13.4. The van der Waals surface area contributed by atoms with Crippen molar-refractivity contribution >= 4 is 11.8 Å². The van der Waals surface area contributed by atoms with E-state index in [1.54, 1.807) is 12.1 Å². The number of halogens is 1. The van der Waals surface area contributed by atoms with Crippen LogP contribution in [0.3, 0.4) is 0 Å². The van der Waals surface area contributed by atoms with Gasteiger partial charge in [0.25, 0.3) is 0 Å². The van der Waals surface area contributed by atoms with E-state index in [1.807, 2.05) is 32.6 Å². The van der Waals surface area contributed by atoms with Crippen molar-refractivity contribution in [2.24, 2.45) is 5.92 Å². The predicted molar refractivity (Wildman–Crippen MR) is 111 cm³/mol. The molecule has 1 amide bonds. The summed E-state index contributed by atoms with van der Waals surface area (Å²) in [6.07, 6.45) is 0.496. The third kappa shape index (κ3) is 5.12. The Morgan fingerprint density at radius 1 is 1.11 bits per heavy atom. The SMILES string of the molecule is CCN(CC)c1onc(-c2ccc(F)cc2)c1CN(C(=O)CC(C)C)C(C)C. The van der Waals surface area contributed by atoms with Gasteiger partial charge in [-0.25, -0.2) is 4.39 Å². The van der Waals surface area contributed by atoms with Crippen molar-refractivity contribution in [1.82, 2.24) is 10.1 Å². The first kappa shape index (κ1) is 21.9. The van der Waals surface area contributed by atoms with Gasteiger partial charge in [-0.2, -0.15) is 0 Å². The van der Waals surface area contributed by atoms with Crippen molar-refractivity contribution in [3.63, 3.8) is 0 Å². The van der Waals surface area contributed by atoms with Crippen molar-refractivity contribution in [3.8, 4) is 11.3 Å². The number of anilines is 1. The van der Waals surface area contributed by atoms with Crippen LogP contribution in [0, 0.1) is 11.7 Å². The molecule has 28 heavy (non-hydrogen) atoms. The Morgan fingerprint density at radius 3 is 2.21 bits per heavy atom. The molecule has 6 heteroatoms. The summed E-state index contributed by atoms with van der Waals surface area (Å²) < 4.78 is 19.1. The summed E-state index contributed by atoms with van der Waals surface area (Å²) in [6.45, 7) is 14.2. The molecule has 0 spiro atoms. The zero-order valence-electron chi connectivity index (χ0n) is 17.8. The lowest BCUT2D eigenvalue weighted by Crippen LogP contribution is -2.37. The topological polar surface area (TPSA) is 49.6 Å². The molecule has 0 unspecified atom stereocenters. The molecule has 0 aliphatic carbocycles. The van der Waals surface area contributed by atoms with Crippen LogP contribution in [-0.2, 0) is 11.3 Å². The summed E-state index contributed by atoms with van der Waals surface area (Å²) in [5.41, 5.74) is 2.30. The summed E-state index contributed by atoms with van der Waals surface area (Å²) >= 11 is 0. The molecule has 1 aromatic heterocycles. The Bertz CT molecular complexity index is 765. The highest BCUT2D eigenvalue weighted by molar-refractivity contribution is 5.77. The van der Waals surface area contributed by atoms with Gasteiger partial charge in [-0.15, -0.1) is 0 Å². The molecule has 1 aromatic carbocycles. The Morgan fingerprint density at radius 2 is 1.71 bits per heavy atom. The maximum Gasteiger partial charge on any atom is 0.232 e. The summed E-state index contributed by atoms with van der Waals surface area (Å²) in [5, 5.41) is 4.29.